The predicted molar refractivity (Wildman–Crippen MR) is 59.8 cm³/mol. The maximum absolute atomic E-state index is 12.6. The summed E-state index contributed by atoms with van der Waals surface area (Å²) in [4.78, 5) is 11.1. The molecule has 0 unspecified atom stereocenters. The number of rotatable bonds is 4. The average molecular weight is 218 g/mol. The molecule has 3 heteroatoms. The van der Waals surface area contributed by atoms with Crippen LogP contribution in [0, 0.1) is 18.2 Å². The summed E-state index contributed by atoms with van der Waals surface area (Å²) in [5.41, 5.74) is 0.732. The van der Waals surface area contributed by atoms with Crippen molar-refractivity contribution in [1.82, 2.24) is 0 Å². The molecule has 0 bridgehead atoms. The summed E-state index contributed by atoms with van der Waals surface area (Å²) in [6, 6.07) is 5.79. The molecule has 0 saturated heterocycles. The second-order valence-electron chi connectivity index (χ2n) is 3.01. The lowest BCUT2D eigenvalue weighted by atomic mass is 10.2. The molecule has 82 valence electrons. The Morgan fingerprint density at radius 3 is 2.75 bits per heavy atom. The average Bonchev–Trinajstić information content (AvgIpc) is 2.29. The Kier molecular flexibility index (Phi) is 4.81. The standard InChI is InChI=1S/C13H11FO2/c1-2-3-10-16-13(15)9-6-11-4-7-12(14)8-5-11/h1,4-9H,3,10H2. The Bertz CT molecular complexity index is 413. The largest absolute Gasteiger partial charge is 0.462 e. The first-order valence-corrected chi connectivity index (χ1v) is 4.76. The van der Waals surface area contributed by atoms with Gasteiger partial charge in [-0.25, -0.2) is 9.18 Å². The summed E-state index contributed by atoms with van der Waals surface area (Å²) in [6.45, 7) is 0.211. The zero-order valence-electron chi connectivity index (χ0n) is 8.65. The number of hydrogen-bond acceptors (Lipinski definition) is 2. The molecule has 0 atom stereocenters. The molecule has 2 nitrogen and oxygen atoms in total. The first-order valence-electron chi connectivity index (χ1n) is 4.76. The summed E-state index contributed by atoms with van der Waals surface area (Å²) in [5.74, 6) is 1.59. The van der Waals surface area contributed by atoms with Crippen LogP contribution < -0.4 is 0 Å². The van der Waals surface area contributed by atoms with E-state index in [4.69, 9.17) is 11.2 Å². The van der Waals surface area contributed by atoms with Gasteiger partial charge in [-0.15, -0.1) is 12.3 Å². The van der Waals surface area contributed by atoms with Crippen LogP contribution >= 0.6 is 0 Å². The van der Waals surface area contributed by atoms with Gasteiger partial charge >= 0.3 is 5.97 Å². The Morgan fingerprint density at radius 1 is 1.44 bits per heavy atom. The lowest BCUT2D eigenvalue weighted by Crippen LogP contribution is -2.01. The molecule has 1 aromatic carbocycles. The zero-order chi connectivity index (χ0) is 11.8. The molecule has 0 aliphatic carbocycles. The van der Waals surface area contributed by atoms with Crippen LogP contribution in [0.3, 0.4) is 0 Å². The Morgan fingerprint density at radius 2 is 2.12 bits per heavy atom. The number of ether oxygens (including phenoxy) is 1. The number of carbonyl (C=O) groups excluding carboxylic acids is 1. The van der Waals surface area contributed by atoms with Crippen LogP contribution in [-0.2, 0) is 9.53 Å². The highest BCUT2D eigenvalue weighted by atomic mass is 19.1. The lowest BCUT2D eigenvalue weighted by Gasteiger charge is -1.97. The van der Waals surface area contributed by atoms with Gasteiger partial charge in [-0.05, 0) is 23.8 Å². The third-order valence-corrected chi connectivity index (χ3v) is 1.77. The molecule has 0 N–H and O–H groups in total. The molecule has 0 radical (unpaired) electrons. The van der Waals surface area contributed by atoms with Gasteiger partial charge in [-0.1, -0.05) is 12.1 Å². The monoisotopic (exact) mass is 218 g/mol. The van der Waals surface area contributed by atoms with E-state index in [1.807, 2.05) is 0 Å². The van der Waals surface area contributed by atoms with Crippen LogP contribution in [0.25, 0.3) is 6.08 Å². The van der Waals surface area contributed by atoms with Crippen molar-refractivity contribution >= 4 is 12.0 Å². The van der Waals surface area contributed by atoms with Crippen LogP contribution in [0.4, 0.5) is 4.39 Å². The van der Waals surface area contributed by atoms with Gasteiger partial charge < -0.3 is 4.74 Å². The molecule has 0 heterocycles. The molecule has 0 amide bonds. The Labute approximate surface area is 93.7 Å². The van der Waals surface area contributed by atoms with E-state index in [2.05, 4.69) is 5.92 Å². The molecule has 0 fully saturated rings. The van der Waals surface area contributed by atoms with Crippen molar-refractivity contribution in [2.24, 2.45) is 0 Å². The molecule has 0 saturated carbocycles. The minimum absolute atomic E-state index is 0.211. The van der Waals surface area contributed by atoms with Crippen molar-refractivity contribution in [1.29, 1.82) is 0 Å². The third kappa shape index (κ3) is 4.43. The molecule has 16 heavy (non-hydrogen) atoms. The van der Waals surface area contributed by atoms with Crippen molar-refractivity contribution < 1.29 is 13.9 Å². The SMILES string of the molecule is C#CCCOC(=O)C=Cc1ccc(F)cc1. The number of carbonyl (C=O) groups is 1. The summed E-state index contributed by atoms with van der Waals surface area (Å²) < 4.78 is 17.3. The van der Waals surface area contributed by atoms with Gasteiger partial charge in [-0.2, -0.15) is 0 Å². The highest BCUT2D eigenvalue weighted by molar-refractivity contribution is 5.87. The van der Waals surface area contributed by atoms with Crippen molar-refractivity contribution in [2.75, 3.05) is 6.61 Å². The summed E-state index contributed by atoms with van der Waals surface area (Å²) in [6.07, 6.45) is 8.23. The van der Waals surface area contributed by atoms with E-state index in [0.29, 0.717) is 6.42 Å². The number of benzene rings is 1. The molecule has 0 aliphatic heterocycles. The highest BCUT2D eigenvalue weighted by Crippen LogP contribution is 2.04. The van der Waals surface area contributed by atoms with E-state index < -0.39 is 5.97 Å². The van der Waals surface area contributed by atoms with E-state index in [0.717, 1.165) is 5.56 Å². The first-order chi connectivity index (χ1) is 7.72. The summed E-state index contributed by atoms with van der Waals surface area (Å²) in [5, 5.41) is 0. The second kappa shape index (κ2) is 6.41. The smallest absolute Gasteiger partial charge is 0.330 e. The molecule has 1 aromatic rings. The number of terminal acetylenes is 1. The first kappa shape index (κ1) is 12.0. The molecular formula is C13H11FO2. The number of hydrogen-bond donors (Lipinski definition) is 0. The Hall–Kier alpha value is -2.08. The summed E-state index contributed by atoms with van der Waals surface area (Å²) in [7, 11) is 0. The van der Waals surface area contributed by atoms with Gasteiger partial charge in [-0.3, -0.25) is 0 Å². The van der Waals surface area contributed by atoms with E-state index in [1.165, 1.54) is 18.2 Å². The fraction of sp³-hybridized carbons (Fsp3) is 0.154. The topological polar surface area (TPSA) is 26.3 Å². The fourth-order valence-electron chi connectivity index (χ4n) is 0.997. The maximum Gasteiger partial charge on any atom is 0.330 e. The molecular weight excluding hydrogens is 207 g/mol. The minimum atomic E-state index is -0.459. The van der Waals surface area contributed by atoms with E-state index >= 15 is 0 Å². The van der Waals surface area contributed by atoms with E-state index in [1.54, 1.807) is 18.2 Å². The van der Waals surface area contributed by atoms with Gasteiger partial charge in [0.25, 0.3) is 0 Å². The molecule has 0 aromatic heterocycles. The van der Waals surface area contributed by atoms with Crippen molar-refractivity contribution in [2.45, 2.75) is 6.42 Å². The third-order valence-electron chi connectivity index (χ3n) is 1.77. The molecule has 1 rings (SSSR count). The van der Waals surface area contributed by atoms with Crippen LogP contribution in [0.1, 0.15) is 12.0 Å². The molecule has 0 aliphatic rings. The second-order valence-corrected chi connectivity index (χ2v) is 3.01. The van der Waals surface area contributed by atoms with Crippen LogP contribution in [-0.4, -0.2) is 12.6 Å². The van der Waals surface area contributed by atoms with Crippen LogP contribution in [0.5, 0.6) is 0 Å². The van der Waals surface area contributed by atoms with Gasteiger partial charge in [0.05, 0.1) is 0 Å². The van der Waals surface area contributed by atoms with E-state index in [9.17, 15) is 9.18 Å². The van der Waals surface area contributed by atoms with Crippen molar-refractivity contribution in [3.05, 3.63) is 41.7 Å². The van der Waals surface area contributed by atoms with Gasteiger partial charge in [0, 0.05) is 12.5 Å². The normalized spacial score (nSPS) is 10.0. The maximum atomic E-state index is 12.6. The highest BCUT2D eigenvalue weighted by Gasteiger charge is 1.95. The number of esters is 1. The Balaban J connectivity index is 2.44. The van der Waals surface area contributed by atoms with Crippen LogP contribution in [0.15, 0.2) is 30.3 Å². The fourth-order valence-corrected chi connectivity index (χ4v) is 0.997. The summed E-state index contributed by atoms with van der Waals surface area (Å²) >= 11 is 0. The van der Waals surface area contributed by atoms with Crippen molar-refractivity contribution in [3.63, 3.8) is 0 Å². The quantitative estimate of drug-likeness (QED) is 0.336. The van der Waals surface area contributed by atoms with Gasteiger partial charge in [0.1, 0.15) is 12.4 Å². The van der Waals surface area contributed by atoms with Crippen molar-refractivity contribution in [3.8, 4) is 12.3 Å². The van der Waals surface area contributed by atoms with Crippen LogP contribution in [0.2, 0.25) is 0 Å². The number of halogens is 1. The lowest BCUT2D eigenvalue weighted by molar-refractivity contribution is -0.137. The predicted octanol–water partition coefficient (Wildman–Crippen LogP) is 2.41. The van der Waals surface area contributed by atoms with E-state index in [-0.39, 0.29) is 12.4 Å². The van der Waals surface area contributed by atoms with Gasteiger partial charge in [0.2, 0.25) is 0 Å². The molecule has 0 spiro atoms. The minimum Gasteiger partial charge on any atom is -0.462 e. The zero-order valence-corrected chi connectivity index (χ0v) is 8.65. The van der Waals surface area contributed by atoms with Gasteiger partial charge in [0.15, 0.2) is 0 Å².